The Morgan fingerprint density at radius 1 is 1.04 bits per heavy atom. The van der Waals surface area contributed by atoms with Crippen molar-refractivity contribution in [2.75, 3.05) is 28.7 Å². The van der Waals surface area contributed by atoms with Gasteiger partial charge in [-0.1, -0.05) is 6.07 Å². The predicted molar refractivity (Wildman–Crippen MR) is 97.0 cm³/mol. The zero-order valence-electron chi connectivity index (χ0n) is 13.7. The van der Waals surface area contributed by atoms with Gasteiger partial charge in [-0.05, 0) is 44.3 Å². The summed E-state index contributed by atoms with van der Waals surface area (Å²) in [5.41, 5.74) is -0.568. The van der Waals surface area contributed by atoms with E-state index in [0.717, 1.165) is 22.5 Å². The number of nitrogens with zero attached hydrogens (tertiary/aromatic N) is 2. The van der Waals surface area contributed by atoms with E-state index in [9.17, 15) is 21.6 Å². The van der Waals surface area contributed by atoms with Crippen LogP contribution in [-0.4, -0.2) is 28.6 Å². The van der Waals surface area contributed by atoms with Gasteiger partial charge in [0.05, 0.1) is 11.4 Å². The Hall–Kier alpha value is -1.97. The van der Waals surface area contributed by atoms with Crippen LogP contribution in [0.5, 0.6) is 0 Å². The molecule has 1 aliphatic rings. The average Bonchev–Trinajstić information content (AvgIpc) is 2.77. The van der Waals surface area contributed by atoms with Crippen molar-refractivity contribution in [2.24, 2.45) is 0 Å². The highest BCUT2D eigenvalue weighted by molar-refractivity contribution is 7.95. The average molecular weight is 408 g/mol. The maximum Gasteiger partial charge on any atom is 0.331 e. The lowest BCUT2D eigenvalue weighted by Crippen LogP contribution is -2.37. The molecule has 0 amide bonds. The lowest BCUT2D eigenvalue weighted by Gasteiger charge is -2.22. The lowest BCUT2D eigenvalue weighted by molar-refractivity contribution is 0.576. The summed E-state index contributed by atoms with van der Waals surface area (Å²) < 4.78 is 69.3. The molecular formula is C16H17ClF3N3O2S. The summed E-state index contributed by atoms with van der Waals surface area (Å²) in [7, 11) is -2.51. The van der Waals surface area contributed by atoms with Crippen LogP contribution >= 0.6 is 12.4 Å². The van der Waals surface area contributed by atoms with Gasteiger partial charge in [-0.15, -0.1) is 12.4 Å². The molecule has 0 saturated carbocycles. The molecule has 0 unspecified atom stereocenters. The van der Waals surface area contributed by atoms with Gasteiger partial charge in [0.25, 0.3) is 0 Å². The van der Waals surface area contributed by atoms with E-state index < -0.39 is 33.3 Å². The zero-order chi connectivity index (χ0) is 18.2. The van der Waals surface area contributed by atoms with Crippen LogP contribution in [0.2, 0.25) is 0 Å². The molecule has 0 saturated heterocycles. The molecular weight excluding hydrogens is 391 g/mol. The van der Waals surface area contributed by atoms with Crippen LogP contribution in [0.3, 0.4) is 0 Å². The largest absolute Gasteiger partial charge is 0.331 e. The highest BCUT2D eigenvalue weighted by atomic mass is 35.5. The molecule has 0 radical (unpaired) electrons. The van der Waals surface area contributed by atoms with E-state index in [-0.39, 0.29) is 30.3 Å². The Labute approximate surface area is 156 Å². The Morgan fingerprint density at radius 2 is 1.77 bits per heavy atom. The summed E-state index contributed by atoms with van der Waals surface area (Å²) in [4.78, 5) is 0. The normalized spacial score (nSPS) is 14.9. The Balaban J connectivity index is 0.00000243. The van der Waals surface area contributed by atoms with Gasteiger partial charge < -0.3 is 5.32 Å². The van der Waals surface area contributed by atoms with E-state index in [2.05, 4.69) is 5.32 Å². The van der Waals surface area contributed by atoms with Gasteiger partial charge in [0.2, 0.25) is 0 Å². The van der Waals surface area contributed by atoms with Crippen LogP contribution in [-0.2, 0) is 10.2 Å². The number of fused-ring (bicyclic) bond motifs is 1. The van der Waals surface area contributed by atoms with Gasteiger partial charge in [0.1, 0.15) is 17.3 Å². The van der Waals surface area contributed by atoms with E-state index in [0.29, 0.717) is 23.3 Å². The Kier molecular flexibility index (Phi) is 6.05. The van der Waals surface area contributed by atoms with Crippen molar-refractivity contribution in [3.05, 3.63) is 53.8 Å². The van der Waals surface area contributed by atoms with Crippen molar-refractivity contribution in [3.8, 4) is 0 Å². The Morgan fingerprint density at radius 3 is 2.42 bits per heavy atom. The number of hydrogen-bond donors (Lipinski definition) is 1. The molecule has 0 bridgehead atoms. The number of para-hydroxylation sites is 1. The summed E-state index contributed by atoms with van der Waals surface area (Å²) in [6, 6.07) is 6.42. The first-order valence-electron chi connectivity index (χ1n) is 7.59. The van der Waals surface area contributed by atoms with Crippen molar-refractivity contribution in [3.63, 3.8) is 0 Å². The maximum atomic E-state index is 14.4. The van der Waals surface area contributed by atoms with Crippen LogP contribution in [0, 0.1) is 17.5 Å². The zero-order valence-corrected chi connectivity index (χ0v) is 15.4. The van der Waals surface area contributed by atoms with Crippen LogP contribution < -0.4 is 13.9 Å². The van der Waals surface area contributed by atoms with Crippen LogP contribution in [0.15, 0.2) is 36.4 Å². The first-order valence-corrected chi connectivity index (χ1v) is 8.99. The number of nitrogens with one attached hydrogen (secondary N) is 1. The standard InChI is InChI=1S/C16H16F3N3O2S.ClH/c1-20-8-3-9-21-15-5-2-4-12(18)16(15)22(25(21,23)24)14-7-6-11(17)10-13(14)19;/h2,4-7,10,20H,3,8-9H2,1H3;1H. The summed E-state index contributed by atoms with van der Waals surface area (Å²) in [5, 5.41) is 2.90. The quantitative estimate of drug-likeness (QED) is 0.773. The van der Waals surface area contributed by atoms with Crippen molar-refractivity contribution >= 4 is 39.7 Å². The third-order valence-corrected chi connectivity index (χ3v) is 5.64. The molecule has 10 heteroatoms. The van der Waals surface area contributed by atoms with Crippen molar-refractivity contribution in [1.82, 2.24) is 5.32 Å². The predicted octanol–water partition coefficient (Wildman–Crippen LogP) is 3.34. The maximum absolute atomic E-state index is 14.4. The summed E-state index contributed by atoms with van der Waals surface area (Å²) in [6.07, 6.45) is 0.478. The summed E-state index contributed by atoms with van der Waals surface area (Å²) >= 11 is 0. The molecule has 0 atom stereocenters. The molecule has 0 aliphatic carbocycles. The highest BCUT2D eigenvalue weighted by Crippen LogP contribution is 2.47. The first kappa shape index (κ1) is 20.3. The molecule has 142 valence electrons. The van der Waals surface area contributed by atoms with E-state index in [1.165, 1.54) is 12.1 Å². The fourth-order valence-corrected chi connectivity index (χ4v) is 4.53. The minimum atomic E-state index is -4.24. The molecule has 0 fully saturated rings. The third-order valence-electron chi connectivity index (χ3n) is 3.86. The second-order valence-corrected chi connectivity index (χ2v) is 7.21. The molecule has 26 heavy (non-hydrogen) atoms. The van der Waals surface area contributed by atoms with Gasteiger partial charge >= 0.3 is 10.2 Å². The van der Waals surface area contributed by atoms with Gasteiger partial charge in [-0.2, -0.15) is 8.42 Å². The van der Waals surface area contributed by atoms with Gasteiger partial charge in [0, 0.05) is 12.6 Å². The van der Waals surface area contributed by atoms with Gasteiger partial charge in [-0.3, -0.25) is 4.31 Å². The highest BCUT2D eigenvalue weighted by Gasteiger charge is 2.43. The van der Waals surface area contributed by atoms with Crippen molar-refractivity contribution in [2.45, 2.75) is 6.42 Å². The Bertz CT molecular complexity index is 912. The topological polar surface area (TPSA) is 52.6 Å². The lowest BCUT2D eigenvalue weighted by atomic mass is 10.2. The van der Waals surface area contributed by atoms with Crippen molar-refractivity contribution in [1.29, 1.82) is 0 Å². The monoisotopic (exact) mass is 407 g/mol. The van der Waals surface area contributed by atoms with Crippen LogP contribution in [0.4, 0.5) is 30.2 Å². The fourth-order valence-electron chi connectivity index (χ4n) is 2.77. The molecule has 2 aromatic carbocycles. The molecule has 0 aromatic heterocycles. The number of benzene rings is 2. The smallest absolute Gasteiger partial charge is 0.320 e. The second kappa shape index (κ2) is 7.73. The van der Waals surface area contributed by atoms with E-state index >= 15 is 0 Å². The second-order valence-electron chi connectivity index (χ2n) is 5.50. The number of hydrogen-bond acceptors (Lipinski definition) is 3. The van der Waals surface area contributed by atoms with E-state index in [1.54, 1.807) is 7.05 Å². The van der Waals surface area contributed by atoms with Gasteiger partial charge in [0.15, 0.2) is 5.82 Å². The number of rotatable bonds is 5. The van der Waals surface area contributed by atoms with Crippen molar-refractivity contribution < 1.29 is 21.6 Å². The first-order chi connectivity index (χ1) is 11.9. The van der Waals surface area contributed by atoms with Crippen LogP contribution in [0.1, 0.15) is 6.42 Å². The van der Waals surface area contributed by atoms with E-state index in [1.807, 2.05) is 0 Å². The minimum Gasteiger partial charge on any atom is -0.320 e. The van der Waals surface area contributed by atoms with E-state index in [4.69, 9.17) is 0 Å². The van der Waals surface area contributed by atoms with Gasteiger partial charge in [-0.25, -0.2) is 17.5 Å². The molecule has 1 aliphatic heterocycles. The number of anilines is 3. The molecule has 1 heterocycles. The fraction of sp³-hybridized carbons (Fsp3) is 0.250. The number of halogens is 4. The summed E-state index contributed by atoms with van der Waals surface area (Å²) in [5.74, 6) is -2.74. The third kappa shape index (κ3) is 3.34. The minimum absolute atomic E-state index is 0. The molecule has 3 rings (SSSR count). The summed E-state index contributed by atoms with van der Waals surface area (Å²) in [6.45, 7) is 0.653. The van der Waals surface area contributed by atoms with Crippen LogP contribution in [0.25, 0.3) is 0 Å². The molecule has 5 nitrogen and oxygen atoms in total. The SMILES string of the molecule is CNCCCN1c2cccc(F)c2N(c2ccc(F)cc2F)S1(=O)=O.Cl. The molecule has 0 spiro atoms. The molecule has 1 N–H and O–H groups in total. The molecule has 2 aromatic rings.